The number of rotatable bonds is 1. The number of nitriles is 2. The Balaban J connectivity index is 2.56. The summed E-state index contributed by atoms with van der Waals surface area (Å²) in [6.45, 7) is 0. The van der Waals surface area contributed by atoms with Crippen molar-refractivity contribution in [1.82, 2.24) is 4.57 Å². The van der Waals surface area contributed by atoms with Gasteiger partial charge in [-0.2, -0.15) is 10.5 Å². The van der Waals surface area contributed by atoms with Gasteiger partial charge in [0.05, 0.1) is 11.1 Å². The minimum absolute atomic E-state index is 0.406. The zero-order valence-corrected chi connectivity index (χ0v) is 7.88. The molecule has 0 saturated carbocycles. The molecular formula is C12H7N3. The minimum Gasteiger partial charge on any atom is -0.324 e. The molecule has 1 aromatic heterocycles. The summed E-state index contributed by atoms with van der Waals surface area (Å²) in [5.41, 5.74) is 1.70. The third-order valence-corrected chi connectivity index (χ3v) is 2.15. The molecule has 0 N–H and O–H groups in total. The second-order valence-corrected chi connectivity index (χ2v) is 3.04. The van der Waals surface area contributed by atoms with Gasteiger partial charge in [0, 0.05) is 18.1 Å². The van der Waals surface area contributed by atoms with Crippen LogP contribution in [-0.2, 0) is 0 Å². The van der Waals surface area contributed by atoms with E-state index in [1.807, 2.05) is 47.3 Å². The Hall–Kier alpha value is -2.52. The maximum atomic E-state index is 8.86. The second kappa shape index (κ2) is 3.69. The van der Waals surface area contributed by atoms with E-state index < -0.39 is 0 Å². The van der Waals surface area contributed by atoms with Gasteiger partial charge in [-0.3, -0.25) is 0 Å². The van der Waals surface area contributed by atoms with E-state index in [4.69, 9.17) is 10.5 Å². The Kier molecular flexibility index (Phi) is 2.23. The standard InChI is InChI=1S/C12H7N3/c13-8-10-3-4-12(7-11(10)9-14)15-5-1-2-6-15/h1-7H. The quantitative estimate of drug-likeness (QED) is 0.697. The van der Waals surface area contributed by atoms with Gasteiger partial charge in [0.15, 0.2) is 0 Å². The summed E-state index contributed by atoms with van der Waals surface area (Å²) >= 11 is 0. The van der Waals surface area contributed by atoms with Gasteiger partial charge in [-0.05, 0) is 30.3 Å². The summed E-state index contributed by atoms with van der Waals surface area (Å²) in [4.78, 5) is 0. The highest BCUT2D eigenvalue weighted by Crippen LogP contribution is 2.14. The maximum absolute atomic E-state index is 8.86. The highest BCUT2D eigenvalue weighted by Gasteiger charge is 2.03. The van der Waals surface area contributed by atoms with Gasteiger partial charge in [-0.25, -0.2) is 0 Å². The Morgan fingerprint density at radius 1 is 0.933 bits per heavy atom. The first-order chi connectivity index (χ1) is 7.35. The second-order valence-electron chi connectivity index (χ2n) is 3.04. The van der Waals surface area contributed by atoms with E-state index >= 15 is 0 Å². The van der Waals surface area contributed by atoms with Crippen LogP contribution < -0.4 is 0 Å². The van der Waals surface area contributed by atoms with Crippen molar-refractivity contribution < 1.29 is 0 Å². The van der Waals surface area contributed by atoms with E-state index in [0.29, 0.717) is 11.1 Å². The normalized spacial score (nSPS) is 9.20. The van der Waals surface area contributed by atoms with Gasteiger partial charge in [-0.1, -0.05) is 0 Å². The molecule has 2 rings (SSSR count). The molecule has 3 nitrogen and oxygen atoms in total. The predicted molar refractivity (Wildman–Crippen MR) is 55.2 cm³/mol. The van der Waals surface area contributed by atoms with E-state index in [-0.39, 0.29) is 0 Å². The van der Waals surface area contributed by atoms with Gasteiger partial charge < -0.3 is 4.57 Å². The first-order valence-corrected chi connectivity index (χ1v) is 4.43. The summed E-state index contributed by atoms with van der Waals surface area (Å²) in [6.07, 6.45) is 3.78. The average molecular weight is 193 g/mol. The monoisotopic (exact) mass is 193 g/mol. The molecule has 0 radical (unpaired) electrons. The van der Waals surface area contributed by atoms with E-state index in [2.05, 4.69) is 0 Å². The maximum Gasteiger partial charge on any atom is 0.101 e. The lowest BCUT2D eigenvalue weighted by atomic mass is 10.1. The van der Waals surface area contributed by atoms with Gasteiger partial charge in [0.25, 0.3) is 0 Å². The first kappa shape index (κ1) is 9.05. The van der Waals surface area contributed by atoms with E-state index in [9.17, 15) is 0 Å². The zero-order valence-electron chi connectivity index (χ0n) is 7.88. The van der Waals surface area contributed by atoms with Crippen LogP contribution in [0, 0.1) is 22.7 Å². The minimum atomic E-state index is 0.406. The van der Waals surface area contributed by atoms with Crippen molar-refractivity contribution in [2.45, 2.75) is 0 Å². The van der Waals surface area contributed by atoms with E-state index in [1.54, 1.807) is 12.1 Å². The van der Waals surface area contributed by atoms with Crippen LogP contribution in [0.5, 0.6) is 0 Å². The molecule has 0 unspecified atom stereocenters. The van der Waals surface area contributed by atoms with Crippen LogP contribution in [0.25, 0.3) is 5.69 Å². The summed E-state index contributed by atoms with van der Waals surface area (Å²) in [5.74, 6) is 0. The van der Waals surface area contributed by atoms with Crippen molar-refractivity contribution in [1.29, 1.82) is 10.5 Å². The first-order valence-electron chi connectivity index (χ1n) is 4.43. The summed E-state index contributed by atoms with van der Waals surface area (Å²) in [5, 5.41) is 17.6. The largest absolute Gasteiger partial charge is 0.324 e. The number of hydrogen-bond donors (Lipinski definition) is 0. The Bertz CT molecular complexity index is 554. The van der Waals surface area contributed by atoms with Crippen molar-refractivity contribution in [2.24, 2.45) is 0 Å². The topological polar surface area (TPSA) is 52.5 Å². The van der Waals surface area contributed by atoms with Crippen LogP contribution in [0.15, 0.2) is 42.7 Å². The van der Waals surface area contributed by atoms with Crippen LogP contribution in [0.3, 0.4) is 0 Å². The van der Waals surface area contributed by atoms with Crippen molar-refractivity contribution in [3.05, 3.63) is 53.9 Å². The SMILES string of the molecule is N#Cc1ccc(-n2cccc2)cc1C#N. The lowest BCUT2D eigenvalue weighted by Gasteiger charge is -2.03. The number of benzene rings is 1. The molecule has 0 aliphatic heterocycles. The molecule has 0 fully saturated rings. The lowest BCUT2D eigenvalue weighted by molar-refractivity contribution is 1.08. The molecule has 2 aromatic rings. The number of nitrogens with zero attached hydrogens (tertiary/aromatic N) is 3. The fourth-order valence-electron chi connectivity index (χ4n) is 1.39. The molecule has 0 amide bonds. The van der Waals surface area contributed by atoms with Crippen molar-refractivity contribution in [2.75, 3.05) is 0 Å². The van der Waals surface area contributed by atoms with Crippen LogP contribution in [0.4, 0.5) is 0 Å². The zero-order chi connectivity index (χ0) is 10.7. The number of hydrogen-bond acceptors (Lipinski definition) is 2. The molecular weight excluding hydrogens is 186 g/mol. The molecule has 0 aliphatic carbocycles. The predicted octanol–water partition coefficient (Wildman–Crippen LogP) is 2.22. The fourth-order valence-corrected chi connectivity index (χ4v) is 1.39. The molecule has 70 valence electrons. The highest BCUT2D eigenvalue weighted by atomic mass is 14.9. The third kappa shape index (κ3) is 1.59. The summed E-state index contributed by atoms with van der Waals surface area (Å²) < 4.78 is 1.89. The Labute approximate surface area is 87.4 Å². The fraction of sp³-hybridized carbons (Fsp3) is 0. The molecule has 3 heteroatoms. The number of aromatic nitrogens is 1. The van der Waals surface area contributed by atoms with E-state index in [0.717, 1.165) is 5.69 Å². The van der Waals surface area contributed by atoms with Gasteiger partial charge in [0.2, 0.25) is 0 Å². The van der Waals surface area contributed by atoms with Crippen LogP contribution in [0.1, 0.15) is 11.1 Å². The molecule has 0 aliphatic rings. The molecule has 0 spiro atoms. The smallest absolute Gasteiger partial charge is 0.101 e. The molecule has 1 heterocycles. The van der Waals surface area contributed by atoms with Crippen molar-refractivity contribution in [3.63, 3.8) is 0 Å². The molecule has 15 heavy (non-hydrogen) atoms. The third-order valence-electron chi connectivity index (χ3n) is 2.15. The lowest BCUT2D eigenvalue weighted by Crippen LogP contribution is -1.92. The Morgan fingerprint density at radius 2 is 1.60 bits per heavy atom. The van der Waals surface area contributed by atoms with Crippen molar-refractivity contribution >= 4 is 0 Å². The molecule has 0 saturated heterocycles. The summed E-state index contributed by atoms with van der Waals surface area (Å²) in [7, 11) is 0. The summed E-state index contributed by atoms with van der Waals surface area (Å²) in [6, 6.07) is 13.0. The van der Waals surface area contributed by atoms with Crippen molar-refractivity contribution in [3.8, 4) is 17.8 Å². The molecule has 0 atom stereocenters. The van der Waals surface area contributed by atoms with Gasteiger partial charge >= 0.3 is 0 Å². The molecule has 1 aromatic carbocycles. The molecule has 0 bridgehead atoms. The highest BCUT2D eigenvalue weighted by molar-refractivity contribution is 5.51. The Morgan fingerprint density at radius 3 is 2.20 bits per heavy atom. The van der Waals surface area contributed by atoms with Gasteiger partial charge in [-0.15, -0.1) is 0 Å². The average Bonchev–Trinajstić information content (AvgIpc) is 2.81. The van der Waals surface area contributed by atoms with E-state index in [1.165, 1.54) is 0 Å². The van der Waals surface area contributed by atoms with Gasteiger partial charge in [0.1, 0.15) is 12.1 Å². The van der Waals surface area contributed by atoms with Crippen LogP contribution in [0.2, 0.25) is 0 Å². The van der Waals surface area contributed by atoms with Crippen LogP contribution in [-0.4, -0.2) is 4.57 Å². The van der Waals surface area contributed by atoms with Crippen LogP contribution >= 0.6 is 0 Å².